The standard InChI is InChI=1S/C12H12F3N3/c1-6(2)18-5-17-11(12(18)16)7-3-8(13)10(15)9(14)4-7/h3-6H,16H2,1-2H3. The maximum absolute atomic E-state index is 13.1. The van der Waals surface area contributed by atoms with Crippen molar-refractivity contribution >= 4 is 5.82 Å². The van der Waals surface area contributed by atoms with Crippen LogP contribution in [-0.2, 0) is 0 Å². The summed E-state index contributed by atoms with van der Waals surface area (Å²) in [6.45, 7) is 3.79. The Bertz CT molecular complexity index is 567. The Kier molecular flexibility index (Phi) is 3.02. The zero-order valence-electron chi connectivity index (χ0n) is 9.92. The minimum absolute atomic E-state index is 0.0707. The number of halogens is 3. The van der Waals surface area contributed by atoms with Gasteiger partial charge in [0.1, 0.15) is 11.5 Å². The Morgan fingerprint density at radius 1 is 1.17 bits per heavy atom. The van der Waals surface area contributed by atoms with Gasteiger partial charge in [0, 0.05) is 11.6 Å². The van der Waals surface area contributed by atoms with Gasteiger partial charge in [-0.3, -0.25) is 0 Å². The molecule has 96 valence electrons. The van der Waals surface area contributed by atoms with Crippen LogP contribution in [0.25, 0.3) is 11.3 Å². The van der Waals surface area contributed by atoms with Crippen LogP contribution in [0.3, 0.4) is 0 Å². The van der Waals surface area contributed by atoms with Crippen LogP contribution >= 0.6 is 0 Å². The fourth-order valence-corrected chi connectivity index (χ4v) is 1.70. The maximum Gasteiger partial charge on any atom is 0.194 e. The van der Waals surface area contributed by atoms with E-state index in [1.54, 1.807) is 4.57 Å². The van der Waals surface area contributed by atoms with Gasteiger partial charge in [0.05, 0.1) is 6.33 Å². The van der Waals surface area contributed by atoms with Crippen LogP contribution in [0.5, 0.6) is 0 Å². The molecule has 0 unspecified atom stereocenters. The van der Waals surface area contributed by atoms with E-state index in [0.29, 0.717) is 0 Å². The summed E-state index contributed by atoms with van der Waals surface area (Å²) in [7, 11) is 0. The number of aromatic nitrogens is 2. The topological polar surface area (TPSA) is 43.8 Å². The van der Waals surface area contributed by atoms with Crippen molar-refractivity contribution in [1.29, 1.82) is 0 Å². The highest BCUT2D eigenvalue weighted by Gasteiger charge is 2.16. The Hall–Kier alpha value is -1.98. The lowest BCUT2D eigenvalue weighted by molar-refractivity contribution is 0.447. The molecular formula is C12H12F3N3. The summed E-state index contributed by atoms with van der Waals surface area (Å²) in [5, 5.41) is 0. The lowest BCUT2D eigenvalue weighted by atomic mass is 10.1. The third-order valence-electron chi connectivity index (χ3n) is 2.65. The molecule has 1 heterocycles. The van der Waals surface area contributed by atoms with E-state index in [0.717, 1.165) is 12.1 Å². The molecule has 0 aliphatic carbocycles. The predicted molar refractivity (Wildman–Crippen MR) is 62.3 cm³/mol. The second kappa shape index (κ2) is 4.36. The first-order valence-electron chi connectivity index (χ1n) is 5.39. The summed E-state index contributed by atoms with van der Waals surface area (Å²) in [5.41, 5.74) is 6.19. The number of benzene rings is 1. The Morgan fingerprint density at radius 3 is 2.17 bits per heavy atom. The molecule has 0 bridgehead atoms. The third-order valence-corrected chi connectivity index (χ3v) is 2.65. The smallest absolute Gasteiger partial charge is 0.194 e. The van der Waals surface area contributed by atoms with Crippen LogP contribution in [0.15, 0.2) is 18.5 Å². The molecular weight excluding hydrogens is 243 g/mol. The van der Waals surface area contributed by atoms with E-state index in [2.05, 4.69) is 4.98 Å². The van der Waals surface area contributed by atoms with E-state index in [1.807, 2.05) is 13.8 Å². The minimum atomic E-state index is -1.50. The largest absolute Gasteiger partial charge is 0.383 e. The fourth-order valence-electron chi connectivity index (χ4n) is 1.70. The van der Waals surface area contributed by atoms with Gasteiger partial charge in [-0.2, -0.15) is 0 Å². The number of nitrogens with two attached hydrogens (primary N) is 1. The van der Waals surface area contributed by atoms with Crippen LogP contribution < -0.4 is 5.73 Å². The molecule has 0 spiro atoms. The van der Waals surface area contributed by atoms with Gasteiger partial charge in [-0.1, -0.05) is 0 Å². The van der Waals surface area contributed by atoms with Crippen molar-refractivity contribution in [2.75, 3.05) is 5.73 Å². The van der Waals surface area contributed by atoms with Crippen LogP contribution in [0, 0.1) is 17.5 Å². The van der Waals surface area contributed by atoms with E-state index < -0.39 is 17.5 Å². The summed E-state index contributed by atoms with van der Waals surface area (Å²) in [4.78, 5) is 4.00. The van der Waals surface area contributed by atoms with Crippen molar-refractivity contribution < 1.29 is 13.2 Å². The first kappa shape index (κ1) is 12.5. The summed E-state index contributed by atoms with van der Waals surface area (Å²) in [5.74, 6) is -3.73. The molecule has 6 heteroatoms. The van der Waals surface area contributed by atoms with Crippen LogP contribution in [-0.4, -0.2) is 9.55 Å². The molecule has 0 saturated carbocycles. The molecule has 2 aromatic rings. The number of hydrogen-bond donors (Lipinski definition) is 1. The van der Waals surface area contributed by atoms with E-state index in [9.17, 15) is 13.2 Å². The summed E-state index contributed by atoms with van der Waals surface area (Å²) >= 11 is 0. The van der Waals surface area contributed by atoms with Gasteiger partial charge >= 0.3 is 0 Å². The quantitative estimate of drug-likeness (QED) is 0.838. The molecule has 18 heavy (non-hydrogen) atoms. The van der Waals surface area contributed by atoms with Gasteiger partial charge in [0.2, 0.25) is 0 Å². The van der Waals surface area contributed by atoms with Crippen molar-refractivity contribution in [3.63, 3.8) is 0 Å². The zero-order valence-corrected chi connectivity index (χ0v) is 9.92. The number of nitrogens with zero attached hydrogens (tertiary/aromatic N) is 2. The number of rotatable bonds is 2. The molecule has 0 aliphatic rings. The second-order valence-electron chi connectivity index (χ2n) is 4.23. The lowest BCUT2D eigenvalue weighted by Crippen LogP contribution is -2.04. The molecule has 0 radical (unpaired) electrons. The Balaban J connectivity index is 2.56. The number of anilines is 1. The molecule has 0 fully saturated rings. The van der Waals surface area contributed by atoms with Gasteiger partial charge in [-0.25, -0.2) is 18.2 Å². The van der Waals surface area contributed by atoms with Gasteiger partial charge in [-0.05, 0) is 26.0 Å². The van der Waals surface area contributed by atoms with E-state index in [-0.39, 0.29) is 23.1 Å². The molecule has 0 saturated heterocycles. The molecule has 2 rings (SSSR count). The molecule has 0 atom stereocenters. The Morgan fingerprint density at radius 2 is 1.72 bits per heavy atom. The normalized spacial score (nSPS) is 11.2. The zero-order chi connectivity index (χ0) is 13.4. The van der Waals surface area contributed by atoms with Crippen LogP contribution in [0.1, 0.15) is 19.9 Å². The van der Waals surface area contributed by atoms with Crippen molar-refractivity contribution in [1.82, 2.24) is 9.55 Å². The third kappa shape index (κ3) is 1.94. The van der Waals surface area contributed by atoms with Crippen molar-refractivity contribution in [2.45, 2.75) is 19.9 Å². The highest BCUT2D eigenvalue weighted by atomic mass is 19.2. The first-order chi connectivity index (χ1) is 8.41. The van der Waals surface area contributed by atoms with Crippen LogP contribution in [0.4, 0.5) is 19.0 Å². The maximum atomic E-state index is 13.1. The van der Waals surface area contributed by atoms with Crippen molar-refractivity contribution in [3.8, 4) is 11.3 Å². The summed E-state index contributed by atoms with van der Waals surface area (Å²) in [6.07, 6.45) is 1.48. The minimum Gasteiger partial charge on any atom is -0.383 e. The highest BCUT2D eigenvalue weighted by Crippen LogP contribution is 2.28. The summed E-state index contributed by atoms with van der Waals surface area (Å²) < 4.78 is 40.8. The molecule has 3 nitrogen and oxygen atoms in total. The van der Waals surface area contributed by atoms with Crippen LogP contribution in [0.2, 0.25) is 0 Å². The fraction of sp³-hybridized carbons (Fsp3) is 0.250. The first-order valence-corrected chi connectivity index (χ1v) is 5.39. The molecule has 0 aliphatic heterocycles. The number of hydrogen-bond acceptors (Lipinski definition) is 2. The highest BCUT2D eigenvalue weighted by molar-refractivity contribution is 5.70. The van der Waals surface area contributed by atoms with Gasteiger partial charge < -0.3 is 10.3 Å². The average molecular weight is 255 g/mol. The SMILES string of the molecule is CC(C)n1cnc(-c2cc(F)c(F)c(F)c2)c1N. The number of imidazole rings is 1. The lowest BCUT2D eigenvalue weighted by Gasteiger charge is -2.09. The van der Waals surface area contributed by atoms with E-state index in [1.165, 1.54) is 6.33 Å². The molecule has 1 aromatic heterocycles. The second-order valence-corrected chi connectivity index (χ2v) is 4.23. The predicted octanol–water partition coefficient (Wildman–Crippen LogP) is 3.13. The van der Waals surface area contributed by atoms with Crippen molar-refractivity contribution in [3.05, 3.63) is 35.9 Å². The summed E-state index contributed by atoms with van der Waals surface area (Å²) in [6, 6.07) is 1.82. The van der Waals surface area contributed by atoms with Gasteiger partial charge in [-0.15, -0.1) is 0 Å². The van der Waals surface area contributed by atoms with Crippen molar-refractivity contribution in [2.24, 2.45) is 0 Å². The monoisotopic (exact) mass is 255 g/mol. The number of nitrogen functional groups attached to an aromatic ring is 1. The molecule has 0 amide bonds. The molecule has 2 N–H and O–H groups in total. The van der Waals surface area contributed by atoms with E-state index >= 15 is 0 Å². The van der Waals surface area contributed by atoms with Gasteiger partial charge in [0.15, 0.2) is 17.5 Å². The molecule has 1 aromatic carbocycles. The van der Waals surface area contributed by atoms with E-state index in [4.69, 9.17) is 5.73 Å². The van der Waals surface area contributed by atoms with Gasteiger partial charge in [0.25, 0.3) is 0 Å². The Labute approximate surface area is 102 Å². The average Bonchev–Trinajstić information content (AvgIpc) is 2.67.